The van der Waals surface area contributed by atoms with Crippen molar-refractivity contribution in [2.24, 2.45) is 0 Å². The van der Waals surface area contributed by atoms with Crippen molar-refractivity contribution >= 4 is 49.6 Å². The van der Waals surface area contributed by atoms with Crippen molar-refractivity contribution in [2.45, 2.75) is 0 Å². The first-order valence-corrected chi connectivity index (χ1v) is 7.90. The molecule has 0 nitrogen and oxygen atoms in total. The summed E-state index contributed by atoms with van der Waals surface area (Å²) in [5, 5.41) is 4.34. The van der Waals surface area contributed by atoms with Gasteiger partial charge in [-0.25, -0.2) is 0 Å². The van der Waals surface area contributed by atoms with Gasteiger partial charge in [0.1, 0.15) is 0 Å². The molecule has 0 spiro atoms. The molecule has 2 heterocycles. The fraction of sp³-hybridized carbons (Fsp3) is 0. The van der Waals surface area contributed by atoms with Gasteiger partial charge in [-0.15, -0.1) is 0 Å². The van der Waals surface area contributed by atoms with Crippen LogP contribution >= 0.6 is 22.7 Å². The summed E-state index contributed by atoms with van der Waals surface area (Å²) in [7, 11) is 0. The van der Waals surface area contributed by atoms with Crippen molar-refractivity contribution in [3.05, 3.63) is 35.0 Å². The van der Waals surface area contributed by atoms with E-state index in [9.17, 15) is 0 Å². The van der Waals surface area contributed by atoms with E-state index in [4.69, 9.17) is 0 Å². The van der Waals surface area contributed by atoms with E-state index < -0.39 is 0 Å². The molecule has 54 valence electrons. The minimum atomic E-state index is -0.386. The number of rotatable bonds is 2. The third-order valence-electron chi connectivity index (χ3n) is 1.29. The SMILES string of the molecule is c1cs[c]([Sn][c]2cccs2)c1. The summed E-state index contributed by atoms with van der Waals surface area (Å²) in [6.07, 6.45) is 0. The van der Waals surface area contributed by atoms with E-state index in [0.29, 0.717) is 0 Å². The molecule has 0 N–H and O–H groups in total. The van der Waals surface area contributed by atoms with Crippen LogP contribution in [0.15, 0.2) is 35.0 Å². The van der Waals surface area contributed by atoms with Crippen molar-refractivity contribution in [3.63, 3.8) is 0 Å². The summed E-state index contributed by atoms with van der Waals surface area (Å²) < 4.78 is 3.24. The van der Waals surface area contributed by atoms with Gasteiger partial charge in [0, 0.05) is 0 Å². The van der Waals surface area contributed by atoms with Crippen LogP contribution in [-0.2, 0) is 0 Å². The summed E-state index contributed by atoms with van der Waals surface area (Å²) in [4.78, 5) is 0. The van der Waals surface area contributed by atoms with E-state index in [1.807, 2.05) is 22.7 Å². The van der Waals surface area contributed by atoms with Crippen LogP contribution in [0.4, 0.5) is 0 Å². The second kappa shape index (κ2) is 3.74. The Labute approximate surface area is 84.1 Å². The van der Waals surface area contributed by atoms with Gasteiger partial charge in [-0.1, -0.05) is 0 Å². The molecule has 0 aliphatic rings. The van der Waals surface area contributed by atoms with E-state index in [1.54, 1.807) is 5.79 Å². The zero-order valence-electron chi connectivity index (χ0n) is 5.78. The van der Waals surface area contributed by atoms with Crippen molar-refractivity contribution in [1.82, 2.24) is 0 Å². The van der Waals surface area contributed by atoms with E-state index in [-0.39, 0.29) is 21.1 Å². The van der Waals surface area contributed by atoms with Gasteiger partial charge in [-0.2, -0.15) is 0 Å². The van der Waals surface area contributed by atoms with Gasteiger partial charge in [0.15, 0.2) is 0 Å². The number of thiophene rings is 2. The predicted octanol–water partition coefficient (Wildman–Crippen LogP) is 1.46. The minimum absolute atomic E-state index is 0.386. The maximum absolute atomic E-state index is 2.26. The fourth-order valence-electron chi connectivity index (χ4n) is 0.821. The van der Waals surface area contributed by atoms with Crippen molar-refractivity contribution in [2.75, 3.05) is 0 Å². The summed E-state index contributed by atoms with van der Waals surface area (Å²) in [5.74, 6) is 0. The second-order valence-electron chi connectivity index (χ2n) is 2.08. The Kier molecular flexibility index (Phi) is 2.66. The van der Waals surface area contributed by atoms with Crippen LogP contribution in [-0.4, -0.2) is 21.1 Å². The third kappa shape index (κ3) is 2.07. The van der Waals surface area contributed by atoms with Crippen LogP contribution in [0, 0.1) is 0 Å². The van der Waals surface area contributed by atoms with E-state index in [2.05, 4.69) is 35.0 Å². The van der Waals surface area contributed by atoms with E-state index >= 15 is 0 Å². The Morgan fingerprint density at radius 3 is 1.82 bits per heavy atom. The molecule has 0 aliphatic heterocycles. The summed E-state index contributed by atoms with van der Waals surface area (Å²) in [6, 6.07) is 8.82. The van der Waals surface area contributed by atoms with E-state index in [1.165, 1.54) is 0 Å². The van der Waals surface area contributed by atoms with Gasteiger partial charge >= 0.3 is 84.6 Å². The molecule has 0 aromatic carbocycles. The van der Waals surface area contributed by atoms with E-state index in [0.717, 1.165) is 0 Å². The van der Waals surface area contributed by atoms with Crippen LogP contribution in [0.5, 0.6) is 0 Å². The van der Waals surface area contributed by atoms with Gasteiger partial charge in [0.2, 0.25) is 0 Å². The average Bonchev–Trinajstić information content (AvgIpc) is 2.60. The molecule has 0 bridgehead atoms. The molecule has 0 saturated heterocycles. The molecule has 0 aliphatic carbocycles. The molecular weight excluding hydrogens is 279 g/mol. The summed E-state index contributed by atoms with van der Waals surface area (Å²) in [5.41, 5.74) is 0. The van der Waals surface area contributed by atoms with Crippen LogP contribution in [0.25, 0.3) is 0 Å². The molecule has 0 fully saturated rings. The zero-order chi connectivity index (χ0) is 7.52. The molecule has 11 heavy (non-hydrogen) atoms. The molecule has 0 unspecified atom stereocenters. The normalized spacial score (nSPS) is 10.2. The van der Waals surface area contributed by atoms with Gasteiger partial charge < -0.3 is 0 Å². The van der Waals surface area contributed by atoms with Crippen LogP contribution in [0.3, 0.4) is 0 Å². The molecule has 2 radical (unpaired) electrons. The Morgan fingerprint density at radius 1 is 0.909 bits per heavy atom. The second-order valence-corrected chi connectivity index (χ2v) is 9.83. The van der Waals surface area contributed by atoms with Crippen LogP contribution in [0.2, 0.25) is 0 Å². The van der Waals surface area contributed by atoms with Gasteiger partial charge in [-0.05, 0) is 0 Å². The average molecular weight is 285 g/mol. The first kappa shape index (κ1) is 7.83. The topological polar surface area (TPSA) is 0 Å². The molecule has 0 amide bonds. The van der Waals surface area contributed by atoms with Crippen LogP contribution < -0.4 is 5.79 Å². The first-order chi connectivity index (χ1) is 5.45. The molecule has 2 rings (SSSR count). The molecule has 2 aromatic heterocycles. The quantitative estimate of drug-likeness (QED) is 0.733. The molecule has 2 aromatic rings. The number of hydrogen-bond donors (Lipinski definition) is 0. The Hall–Kier alpha value is 0.199. The first-order valence-electron chi connectivity index (χ1n) is 3.29. The zero-order valence-corrected chi connectivity index (χ0v) is 10.3. The Balaban J connectivity index is 2.14. The molecule has 0 atom stereocenters. The number of hydrogen-bond acceptors (Lipinski definition) is 2. The Bertz CT molecular complexity index is 264. The standard InChI is InChI=1S/2C4H3S.Sn/c2*1-2-4-5-3-1;/h2*1-3H;. The summed E-state index contributed by atoms with van der Waals surface area (Å²) in [6.45, 7) is 0. The van der Waals surface area contributed by atoms with Crippen molar-refractivity contribution in [3.8, 4) is 0 Å². The van der Waals surface area contributed by atoms with Gasteiger partial charge in [0.25, 0.3) is 0 Å². The predicted molar refractivity (Wildman–Crippen MR) is 53.7 cm³/mol. The van der Waals surface area contributed by atoms with Gasteiger partial charge in [-0.3, -0.25) is 0 Å². The molecular formula is C8H6S2Sn. The monoisotopic (exact) mass is 286 g/mol. The maximum atomic E-state index is 2.26. The fourth-order valence-corrected chi connectivity index (χ4v) is 7.66. The Morgan fingerprint density at radius 2 is 1.45 bits per heavy atom. The van der Waals surface area contributed by atoms with Gasteiger partial charge in [0.05, 0.1) is 0 Å². The van der Waals surface area contributed by atoms with Crippen molar-refractivity contribution in [1.29, 1.82) is 0 Å². The molecule has 3 heteroatoms. The third-order valence-corrected chi connectivity index (χ3v) is 8.40. The molecule has 0 saturated carbocycles. The van der Waals surface area contributed by atoms with Crippen LogP contribution in [0.1, 0.15) is 0 Å². The summed E-state index contributed by atoms with van der Waals surface area (Å²) >= 11 is 3.42. The van der Waals surface area contributed by atoms with Crippen molar-refractivity contribution < 1.29 is 0 Å².